The van der Waals surface area contributed by atoms with Gasteiger partial charge in [0.2, 0.25) is 0 Å². The second-order valence-corrected chi connectivity index (χ2v) is 5.18. The number of H-pyrrole nitrogens is 1. The Kier molecular flexibility index (Phi) is 3.36. The highest BCUT2D eigenvalue weighted by Crippen LogP contribution is 2.30. The molecule has 1 heterocycles. The van der Waals surface area contributed by atoms with E-state index < -0.39 is 43.0 Å². The van der Waals surface area contributed by atoms with E-state index in [0.29, 0.717) is 12.1 Å². The summed E-state index contributed by atoms with van der Waals surface area (Å²) in [6.45, 7) is 0. The molecule has 0 radical (unpaired) electrons. The summed E-state index contributed by atoms with van der Waals surface area (Å²) >= 11 is 0. The largest absolute Gasteiger partial charge is 0.334 e. The molecule has 2 rings (SSSR count). The van der Waals surface area contributed by atoms with Crippen LogP contribution in [-0.2, 0) is 10.0 Å². The average molecular weight is 304 g/mol. The Balaban J connectivity index is 2.54. The van der Waals surface area contributed by atoms with E-state index in [9.17, 15) is 27.3 Å². The number of benzene rings is 1. The summed E-state index contributed by atoms with van der Waals surface area (Å²) in [6.07, 6.45) is 1.95. The van der Waals surface area contributed by atoms with E-state index in [1.165, 1.54) is 0 Å². The van der Waals surface area contributed by atoms with E-state index in [4.69, 9.17) is 0 Å². The van der Waals surface area contributed by atoms with Gasteiger partial charge in [0.15, 0.2) is 22.3 Å². The van der Waals surface area contributed by atoms with Crippen molar-refractivity contribution in [3.8, 4) is 0 Å². The van der Waals surface area contributed by atoms with Gasteiger partial charge in [-0.05, 0) is 6.07 Å². The van der Waals surface area contributed by atoms with Crippen LogP contribution in [0.15, 0.2) is 29.7 Å². The third kappa shape index (κ3) is 2.42. The summed E-state index contributed by atoms with van der Waals surface area (Å²) in [5.41, 5.74) is -1.99. The van der Waals surface area contributed by atoms with E-state index >= 15 is 0 Å². The van der Waals surface area contributed by atoms with Gasteiger partial charge in [0.05, 0.1) is 17.4 Å². The highest BCUT2D eigenvalue weighted by atomic mass is 32.2. The number of anilines is 1. The maximum Gasteiger partial charge on any atom is 0.296 e. The third-order valence-corrected chi connectivity index (χ3v) is 3.54. The summed E-state index contributed by atoms with van der Waals surface area (Å²) in [5.74, 6) is -3.08. The normalized spacial score (nSPS) is 11.3. The van der Waals surface area contributed by atoms with Gasteiger partial charge >= 0.3 is 0 Å². The van der Waals surface area contributed by atoms with E-state index in [-0.39, 0.29) is 0 Å². The number of nitro groups is 1. The van der Waals surface area contributed by atoms with Gasteiger partial charge in [-0.25, -0.2) is 13.8 Å². The van der Waals surface area contributed by atoms with Crippen LogP contribution in [0, 0.1) is 21.7 Å². The molecule has 106 valence electrons. The quantitative estimate of drug-likeness (QED) is 0.653. The molecular weight excluding hydrogens is 298 g/mol. The molecule has 0 unspecified atom stereocenters. The van der Waals surface area contributed by atoms with Gasteiger partial charge in [0.1, 0.15) is 0 Å². The predicted octanol–water partition coefficient (Wildman–Crippen LogP) is 1.40. The number of rotatable bonds is 4. The fourth-order valence-corrected chi connectivity index (χ4v) is 2.35. The first-order valence-electron chi connectivity index (χ1n) is 4.96. The summed E-state index contributed by atoms with van der Waals surface area (Å²) in [7, 11) is -4.34. The number of sulfonamides is 1. The number of nitrogens with one attached hydrogen (secondary N) is 2. The van der Waals surface area contributed by atoms with E-state index in [0.717, 1.165) is 12.5 Å². The van der Waals surface area contributed by atoms with Crippen molar-refractivity contribution in [3.63, 3.8) is 0 Å². The van der Waals surface area contributed by atoms with Crippen molar-refractivity contribution in [2.45, 2.75) is 5.03 Å². The van der Waals surface area contributed by atoms with Crippen molar-refractivity contribution in [3.05, 3.63) is 46.4 Å². The van der Waals surface area contributed by atoms with Crippen molar-refractivity contribution >= 4 is 21.4 Å². The Bertz CT molecular complexity index is 761. The van der Waals surface area contributed by atoms with Gasteiger partial charge in [0.25, 0.3) is 15.7 Å². The van der Waals surface area contributed by atoms with Crippen LogP contribution in [0.25, 0.3) is 0 Å². The molecule has 20 heavy (non-hydrogen) atoms. The van der Waals surface area contributed by atoms with Crippen LogP contribution in [0.4, 0.5) is 20.2 Å². The minimum absolute atomic E-state index is 0.449. The Morgan fingerprint density at radius 3 is 2.60 bits per heavy atom. The van der Waals surface area contributed by atoms with Crippen molar-refractivity contribution in [1.82, 2.24) is 9.97 Å². The zero-order valence-electron chi connectivity index (χ0n) is 9.50. The highest BCUT2D eigenvalue weighted by molar-refractivity contribution is 7.92. The van der Waals surface area contributed by atoms with Gasteiger partial charge in [0, 0.05) is 6.07 Å². The van der Waals surface area contributed by atoms with Crippen molar-refractivity contribution in [2.24, 2.45) is 0 Å². The Hall–Kier alpha value is -2.56. The first kappa shape index (κ1) is 13.9. The molecule has 0 amide bonds. The zero-order chi connectivity index (χ0) is 14.9. The molecule has 2 N–H and O–H groups in total. The van der Waals surface area contributed by atoms with Gasteiger partial charge in [-0.15, -0.1) is 0 Å². The lowest BCUT2D eigenvalue weighted by Gasteiger charge is -2.08. The molecule has 0 saturated carbocycles. The second-order valence-electron chi connectivity index (χ2n) is 3.53. The SMILES string of the molecule is O=[N+]([O-])c1ccc(F)c(F)c1NS(=O)(=O)c1cnc[nH]1. The predicted molar refractivity (Wildman–Crippen MR) is 62.4 cm³/mol. The monoisotopic (exact) mass is 304 g/mol. The highest BCUT2D eigenvalue weighted by Gasteiger charge is 2.27. The van der Waals surface area contributed by atoms with E-state index in [1.807, 2.05) is 0 Å². The number of halogens is 2. The number of hydrogen-bond acceptors (Lipinski definition) is 5. The molecule has 0 fully saturated rings. The molecule has 1 aromatic heterocycles. The number of aromatic amines is 1. The van der Waals surface area contributed by atoms with Crippen LogP contribution in [0.2, 0.25) is 0 Å². The molecule has 0 spiro atoms. The number of nitro benzene ring substituents is 1. The standard InChI is InChI=1S/C9H6F2N4O4S/c10-5-1-2-6(15(16)17)9(8(5)11)14-20(18,19)7-3-12-4-13-7/h1-4,14H,(H,12,13). The van der Waals surface area contributed by atoms with Crippen LogP contribution in [0.1, 0.15) is 0 Å². The first-order chi connectivity index (χ1) is 9.33. The summed E-state index contributed by atoms with van der Waals surface area (Å²) in [5, 5.41) is 10.3. The van der Waals surface area contributed by atoms with Crippen LogP contribution >= 0.6 is 0 Å². The van der Waals surface area contributed by atoms with Gasteiger partial charge in [-0.2, -0.15) is 8.42 Å². The maximum absolute atomic E-state index is 13.6. The molecule has 0 aliphatic heterocycles. The van der Waals surface area contributed by atoms with Crippen molar-refractivity contribution in [2.75, 3.05) is 4.72 Å². The van der Waals surface area contributed by atoms with Crippen LogP contribution in [-0.4, -0.2) is 23.3 Å². The lowest BCUT2D eigenvalue weighted by Crippen LogP contribution is -2.16. The second kappa shape index (κ2) is 4.85. The molecule has 0 aliphatic rings. The first-order valence-corrected chi connectivity index (χ1v) is 6.45. The van der Waals surface area contributed by atoms with Crippen molar-refractivity contribution < 1.29 is 22.1 Å². The molecule has 1 aromatic carbocycles. The lowest BCUT2D eigenvalue weighted by molar-refractivity contribution is -0.384. The zero-order valence-corrected chi connectivity index (χ0v) is 10.3. The van der Waals surface area contributed by atoms with Gasteiger partial charge < -0.3 is 4.98 Å². The van der Waals surface area contributed by atoms with Crippen LogP contribution in [0.5, 0.6) is 0 Å². The van der Waals surface area contributed by atoms with Crippen molar-refractivity contribution in [1.29, 1.82) is 0 Å². The van der Waals surface area contributed by atoms with E-state index in [1.54, 1.807) is 4.72 Å². The molecule has 0 aliphatic carbocycles. The third-order valence-electron chi connectivity index (χ3n) is 2.27. The molecule has 11 heteroatoms. The Labute approximate surface area is 110 Å². The smallest absolute Gasteiger partial charge is 0.296 e. The average Bonchev–Trinajstić information content (AvgIpc) is 2.89. The fourth-order valence-electron chi connectivity index (χ4n) is 1.37. The number of nitrogens with zero attached hydrogens (tertiary/aromatic N) is 2. The van der Waals surface area contributed by atoms with Crippen LogP contribution < -0.4 is 4.72 Å². The molecule has 0 atom stereocenters. The van der Waals surface area contributed by atoms with Gasteiger partial charge in [-0.3, -0.25) is 14.8 Å². The Morgan fingerprint density at radius 2 is 2.05 bits per heavy atom. The molecule has 0 saturated heterocycles. The minimum atomic E-state index is -4.34. The maximum atomic E-state index is 13.6. The van der Waals surface area contributed by atoms with Crippen LogP contribution in [0.3, 0.4) is 0 Å². The summed E-state index contributed by atoms with van der Waals surface area (Å²) < 4.78 is 51.9. The minimum Gasteiger partial charge on any atom is -0.334 e. The van der Waals surface area contributed by atoms with E-state index in [2.05, 4.69) is 9.97 Å². The molecule has 8 nitrogen and oxygen atoms in total. The number of aromatic nitrogens is 2. The lowest BCUT2D eigenvalue weighted by atomic mass is 10.2. The summed E-state index contributed by atoms with van der Waals surface area (Å²) in [6, 6.07) is 1.19. The topological polar surface area (TPSA) is 118 Å². The molecule has 0 bridgehead atoms. The summed E-state index contributed by atoms with van der Waals surface area (Å²) in [4.78, 5) is 15.4. The fraction of sp³-hybridized carbons (Fsp3) is 0. The number of imidazole rings is 1. The molecule has 2 aromatic rings. The number of hydrogen-bond donors (Lipinski definition) is 2. The Morgan fingerprint density at radius 1 is 1.35 bits per heavy atom. The van der Waals surface area contributed by atoms with Gasteiger partial charge in [-0.1, -0.05) is 0 Å². The molecular formula is C9H6F2N4O4S.